The number of aliphatic carboxylic acids is 1. The Morgan fingerprint density at radius 3 is 2.11 bits per heavy atom. The first kappa shape index (κ1) is 14.8. The normalized spacial score (nSPS) is 11.5. The van der Waals surface area contributed by atoms with Crippen LogP contribution in [0.1, 0.15) is 24.9 Å². The van der Waals surface area contributed by atoms with E-state index in [9.17, 15) is 9.59 Å². The van der Waals surface area contributed by atoms with Gasteiger partial charge in [-0.25, -0.2) is 0 Å². The van der Waals surface area contributed by atoms with Crippen LogP contribution < -0.4 is 14.8 Å². The summed E-state index contributed by atoms with van der Waals surface area (Å²) in [5.41, 5.74) is 0.619. The number of amides is 1. The lowest BCUT2D eigenvalue weighted by atomic mass is 10.0. The molecule has 2 N–H and O–H groups in total. The van der Waals surface area contributed by atoms with E-state index >= 15 is 0 Å². The molecule has 1 rings (SSSR count). The van der Waals surface area contributed by atoms with Gasteiger partial charge in [-0.2, -0.15) is 0 Å². The number of carboxylic acid groups (broad SMARTS) is 1. The van der Waals surface area contributed by atoms with Crippen LogP contribution in [0.3, 0.4) is 0 Å². The van der Waals surface area contributed by atoms with Crippen LogP contribution in [0.4, 0.5) is 0 Å². The molecule has 0 aromatic heterocycles. The number of carbonyl (C=O) groups is 2. The molecule has 0 saturated heterocycles. The topological polar surface area (TPSA) is 84.9 Å². The Kier molecular flexibility index (Phi) is 5.17. The average Bonchev–Trinajstić information content (AvgIpc) is 2.36. The zero-order chi connectivity index (χ0) is 14.4. The summed E-state index contributed by atoms with van der Waals surface area (Å²) in [6.45, 7) is 1.34. The fraction of sp³-hybridized carbons (Fsp3) is 0.385. The summed E-state index contributed by atoms with van der Waals surface area (Å²) >= 11 is 0. The van der Waals surface area contributed by atoms with E-state index in [1.165, 1.54) is 21.1 Å². The van der Waals surface area contributed by atoms with Crippen molar-refractivity contribution in [3.05, 3.63) is 23.8 Å². The van der Waals surface area contributed by atoms with Gasteiger partial charge in [0.05, 0.1) is 26.7 Å². The second-order valence-corrected chi connectivity index (χ2v) is 4.00. The number of carbonyl (C=O) groups excluding carboxylic acids is 1. The highest BCUT2D eigenvalue weighted by atomic mass is 16.5. The Morgan fingerprint density at radius 2 is 1.74 bits per heavy atom. The standard InChI is InChI=1S/C13H17NO5/c1-8(15)14-12(7-13(16)17)9-4-10(18-2)6-11(5-9)19-3/h4-6,12H,7H2,1-3H3,(H,14,15)(H,16,17). The minimum Gasteiger partial charge on any atom is -0.497 e. The molecule has 0 aliphatic heterocycles. The van der Waals surface area contributed by atoms with Gasteiger partial charge < -0.3 is 19.9 Å². The highest BCUT2D eigenvalue weighted by molar-refractivity contribution is 5.75. The van der Waals surface area contributed by atoms with E-state index < -0.39 is 12.0 Å². The van der Waals surface area contributed by atoms with Crippen molar-refractivity contribution in [2.24, 2.45) is 0 Å². The number of benzene rings is 1. The van der Waals surface area contributed by atoms with E-state index in [0.717, 1.165) is 0 Å². The molecule has 1 amide bonds. The molecule has 1 unspecified atom stereocenters. The van der Waals surface area contributed by atoms with Crippen LogP contribution in [0.15, 0.2) is 18.2 Å². The molecule has 6 heteroatoms. The third kappa shape index (κ3) is 4.50. The summed E-state index contributed by atoms with van der Waals surface area (Å²) in [4.78, 5) is 22.0. The smallest absolute Gasteiger partial charge is 0.305 e. The average molecular weight is 267 g/mol. The lowest BCUT2D eigenvalue weighted by Crippen LogP contribution is -2.28. The maximum Gasteiger partial charge on any atom is 0.305 e. The molecular weight excluding hydrogens is 250 g/mol. The van der Waals surface area contributed by atoms with E-state index in [1.54, 1.807) is 18.2 Å². The minimum absolute atomic E-state index is 0.212. The van der Waals surface area contributed by atoms with Crippen LogP contribution in [-0.2, 0) is 9.59 Å². The predicted molar refractivity (Wildman–Crippen MR) is 68.4 cm³/mol. The van der Waals surface area contributed by atoms with Crippen molar-refractivity contribution in [2.45, 2.75) is 19.4 Å². The lowest BCUT2D eigenvalue weighted by Gasteiger charge is -2.18. The quantitative estimate of drug-likeness (QED) is 0.812. The first-order valence-corrected chi connectivity index (χ1v) is 5.68. The molecule has 1 aromatic carbocycles. The summed E-state index contributed by atoms with van der Waals surface area (Å²) in [7, 11) is 3.01. The van der Waals surface area contributed by atoms with Gasteiger partial charge in [-0.15, -0.1) is 0 Å². The van der Waals surface area contributed by atoms with Crippen LogP contribution in [0.25, 0.3) is 0 Å². The highest BCUT2D eigenvalue weighted by Gasteiger charge is 2.18. The van der Waals surface area contributed by atoms with Crippen LogP contribution in [-0.4, -0.2) is 31.2 Å². The van der Waals surface area contributed by atoms with Crippen molar-refractivity contribution in [1.82, 2.24) is 5.32 Å². The van der Waals surface area contributed by atoms with Crippen molar-refractivity contribution in [1.29, 1.82) is 0 Å². The third-order valence-corrected chi connectivity index (χ3v) is 2.53. The van der Waals surface area contributed by atoms with E-state index in [0.29, 0.717) is 17.1 Å². The van der Waals surface area contributed by atoms with Crippen LogP contribution >= 0.6 is 0 Å². The van der Waals surface area contributed by atoms with Gasteiger partial charge in [0.2, 0.25) is 5.91 Å². The van der Waals surface area contributed by atoms with Crippen LogP contribution in [0.2, 0.25) is 0 Å². The first-order valence-electron chi connectivity index (χ1n) is 5.68. The van der Waals surface area contributed by atoms with Gasteiger partial charge >= 0.3 is 5.97 Å². The molecule has 0 heterocycles. The Balaban J connectivity index is 3.12. The van der Waals surface area contributed by atoms with Gasteiger partial charge in [0, 0.05) is 13.0 Å². The van der Waals surface area contributed by atoms with Crippen molar-refractivity contribution in [3.8, 4) is 11.5 Å². The number of rotatable bonds is 6. The molecular formula is C13H17NO5. The molecule has 0 aliphatic carbocycles. The molecule has 0 saturated carbocycles. The van der Waals surface area contributed by atoms with Gasteiger partial charge in [-0.05, 0) is 17.7 Å². The molecule has 6 nitrogen and oxygen atoms in total. The van der Waals surface area contributed by atoms with E-state index in [2.05, 4.69) is 5.32 Å². The molecule has 0 radical (unpaired) electrons. The predicted octanol–water partition coefficient (Wildman–Crippen LogP) is 1.36. The summed E-state index contributed by atoms with van der Waals surface area (Å²) in [6.07, 6.45) is -0.212. The van der Waals surface area contributed by atoms with Crippen molar-refractivity contribution in [2.75, 3.05) is 14.2 Å². The monoisotopic (exact) mass is 267 g/mol. The molecule has 1 atom stereocenters. The number of ether oxygens (including phenoxy) is 2. The number of hydrogen-bond acceptors (Lipinski definition) is 4. The van der Waals surface area contributed by atoms with E-state index in [4.69, 9.17) is 14.6 Å². The summed E-state index contributed by atoms with van der Waals surface area (Å²) in [5, 5.41) is 11.5. The summed E-state index contributed by atoms with van der Waals surface area (Å²) in [5.74, 6) is -0.223. The maximum atomic E-state index is 11.2. The lowest BCUT2D eigenvalue weighted by molar-refractivity contribution is -0.137. The second-order valence-electron chi connectivity index (χ2n) is 4.00. The number of hydrogen-bond donors (Lipinski definition) is 2. The van der Waals surface area contributed by atoms with Crippen molar-refractivity contribution >= 4 is 11.9 Å². The van der Waals surface area contributed by atoms with Gasteiger partial charge in [-0.1, -0.05) is 0 Å². The first-order chi connectivity index (χ1) is 8.96. The highest BCUT2D eigenvalue weighted by Crippen LogP contribution is 2.27. The zero-order valence-electron chi connectivity index (χ0n) is 11.1. The fourth-order valence-corrected chi connectivity index (χ4v) is 1.70. The zero-order valence-corrected chi connectivity index (χ0v) is 11.1. The Bertz CT molecular complexity index is 434. The van der Waals surface area contributed by atoms with E-state index in [-0.39, 0.29) is 12.3 Å². The summed E-state index contributed by atoms with van der Waals surface area (Å²) < 4.78 is 10.2. The molecule has 0 aliphatic rings. The Morgan fingerprint density at radius 1 is 1.21 bits per heavy atom. The number of carboxylic acids is 1. The second kappa shape index (κ2) is 6.63. The summed E-state index contributed by atoms with van der Waals surface area (Å²) in [6, 6.07) is 4.40. The Hall–Kier alpha value is -2.24. The Labute approximate surface area is 111 Å². The third-order valence-electron chi connectivity index (χ3n) is 2.53. The SMILES string of the molecule is COc1cc(OC)cc(C(CC(=O)O)NC(C)=O)c1. The molecule has 19 heavy (non-hydrogen) atoms. The minimum atomic E-state index is -1.000. The maximum absolute atomic E-state index is 11.2. The molecule has 104 valence electrons. The van der Waals surface area contributed by atoms with Gasteiger partial charge in [0.1, 0.15) is 11.5 Å². The van der Waals surface area contributed by atoms with Crippen molar-refractivity contribution in [3.63, 3.8) is 0 Å². The van der Waals surface area contributed by atoms with Crippen molar-refractivity contribution < 1.29 is 24.2 Å². The van der Waals surface area contributed by atoms with Gasteiger partial charge in [0.15, 0.2) is 0 Å². The molecule has 1 aromatic rings. The number of nitrogens with one attached hydrogen (secondary N) is 1. The van der Waals surface area contributed by atoms with Crippen LogP contribution in [0, 0.1) is 0 Å². The molecule has 0 spiro atoms. The molecule has 0 fully saturated rings. The van der Waals surface area contributed by atoms with Gasteiger partial charge in [0.25, 0.3) is 0 Å². The number of methoxy groups -OCH3 is 2. The largest absolute Gasteiger partial charge is 0.497 e. The van der Waals surface area contributed by atoms with E-state index in [1.807, 2.05) is 0 Å². The molecule has 0 bridgehead atoms. The van der Waals surface area contributed by atoms with Crippen LogP contribution in [0.5, 0.6) is 11.5 Å². The van der Waals surface area contributed by atoms with Gasteiger partial charge in [-0.3, -0.25) is 9.59 Å². The fourth-order valence-electron chi connectivity index (χ4n) is 1.70.